The molecule has 1 unspecified atom stereocenters. The lowest BCUT2D eigenvalue weighted by atomic mass is 10.2. The molecule has 0 amide bonds. The van der Waals surface area contributed by atoms with Crippen molar-refractivity contribution in [3.63, 3.8) is 0 Å². The fourth-order valence-electron chi connectivity index (χ4n) is 2.07. The van der Waals surface area contributed by atoms with Crippen LogP contribution in [0.15, 0.2) is 18.5 Å². The summed E-state index contributed by atoms with van der Waals surface area (Å²) in [5, 5.41) is 7.77. The summed E-state index contributed by atoms with van der Waals surface area (Å²) >= 11 is 1.87. The van der Waals surface area contributed by atoms with E-state index in [1.54, 1.807) is 6.33 Å². The van der Waals surface area contributed by atoms with Gasteiger partial charge in [-0.2, -0.15) is 5.10 Å². The van der Waals surface area contributed by atoms with E-state index >= 15 is 0 Å². The Balaban J connectivity index is 1.86. The summed E-state index contributed by atoms with van der Waals surface area (Å²) in [5.41, 5.74) is 0. The molecule has 2 rings (SSSR count). The van der Waals surface area contributed by atoms with Gasteiger partial charge in [0.25, 0.3) is 0 Å². The number of thiophene rings is 1. The highest BCUT2D eigenvalue weighted by atomic mass is 32.1. The summed E-state index contributed by atoms with van der Waals surface area (Å²) in [5.74, 6) is 1.00. The lowest BCUT2D eigenvalue weighted by Gasteiger charge is -2.14. The first-order valence-electron chi connectivity index (χ1n) is 6.73. The maximum Gasteiger partial charge on any atom is 0.141 e. The Morgan fingerprint density at radius 1 is 1.32 bits per heavy atom. The molecule has 104 valence electrons. The van der Waals surface area contributed by atoms with Crippen molar-refractivity contribution < 1.29 is 0 Å². The van der Waals surface area contributed by atoms with E-state index in [9.17, 15) is 0 Å². The Hall–Kier alpha value is -1.20. The molecule has 0 radical (unpaired) electrons. The van der Waals surface area contributed by atoms with Gasteiger partial charge in [0.15, 0.2) is 0 Å². The van der Waals surface area contributed by atoms with Gasteiger partial charge in [0.2, 0.25) is 0 Å². The molecule has 19 heavy (non-hydrogen) atoms. The Labute approximate surface area is 118 Å². The molecule has 2 heterocycles. The van der Waals surface area contributed by atoms with E-state index < -0.39 is 0 Å². The summed E-state index contributed by atoms with van der Waals surface area (Å²) in [4.78, 5) is 7.12. The minimum atomic E-state index is 0.356. The van der Waals surface area contributed by atoms with Crippen LogP contribution in [0.5, 0.6) is 0 Å². The topological polar surface area (TPSA) is 42.7 Å². The zero-order chi connectivity index (χ0) is 13.8. The third-order valence-electron chi connectivity index (χ3n) is 3.05. The van der Waals surface area contributed by atoms with E-state index in [4.69, 9.17) is 0 Å². The average Bonchev–Trinajstić information content (AvgIpc) is 2.95. The predicted molar refractivity (Wildman–Crippen MR) is 79.5 cm³/mol. The second-order valence-corrected chi connectivity index (χ2v) is 6.59. The monoisotopic (exact) mass is 278 g/mol. The van der Waals surface area contributed by atoms with Crippen LogP contribution < -0.4 is 5.32 Å². The summed E-state index contributed by atoms with van der Waals surface area (Å²) < 4.78 is 1.97. The van der Waals surface area contributed by atoms with Crippen LogP contribution in [0.25, 0.3) is 0 Å². The zero-order valence-corrected chi connectivity index (χ0v) is 12.9. The van der Waals surface area contributed by atoms with Crippen LogP contribution >= 0.6 is 11.3 Å². The maximum absolute atomic E-state index is 4.31. The molecule has 1 atom stereocenters. The van der Waals surface area contributed by atoms with Crippen LogP contribution in [0, 0.1) is 6.92 Å². The molecule has 0 aromatic carbocycles. The molecule has 0 aliphatic carbocycles. The van der Waals surface area contributed by atoms with Gasteiger partial charge in [-0.05, 0) is 46.2 Å². The number of nitrogens with zero attached hydrogens (tertiary/aromatic N) is 3. The molecule has 0 fully saturated rings. The van der Waals surface area contributed by atoms with Crippen LogP contribution in [0.1, 0.15) is 42.4 Å². The van der Waals surface area contributed by atoms with E-state index in [0.29, 0.717) is 12.1 Å². The Bertz CT molecular complexity index is 515. The maximum atomic E-state index is 4.31. The van der Waals surface area contributed by atoms with Crippen molar-refractivity contribution >= 4 is 11.3 Å². The molecule has 0 aliphatic rings. The third kappa shape index (κ3) is 3.88. The van der Waals surface area contributed by atoms with E-state index in [2.05, 4.69) is 55.2 Å². The van der Waals surface area contributed by atoms with Gasteiger partial charge < -0.3 is 5.32 Å². The summed E-state index contributed by atoms with van der Waals surface area (Å²) in [6.45, 7) is 9.37. The predicted octanol–water partition coefficient (Wildman–Crippen LogP) is 2.95. The van der Waals surface area contributed by atoms with E-state index in [1.165, 1.54) is 9.75 Å². The number of aromatic nitrogens is 3. The lowest BCUT2D eigenvalue weighted by Crippen LogP contribution is -2.29. The van der Waals surface area contributed by atoms with Crippen molar-refractivity contribution in [2.24, 2.45) is 0 Å². The van der Waals surface area contributed by atoms with E-state index in [0.717, 1.165) is 18.8 Å². The Kier molecular flexibility index (Phi) is 4.71. The van der Waals surface area contributed by atoms with Crippen molar-refractivity contribution in [2.75, 3.05) is 0 Å². The zero-order valence-electron chi connectivity index (χ0n) is 12.1. The first-order chi connectivity index (χ1) is 9.06. The van der Waals surface area contributed by atoms with Gasteiger partial charge in [-0.3, -0.25) is 0 Å². The van der Waals surface area contributed by atoms with Gasteiger partial charge in [0.1, 0.15) is 12.2 Å². The fourth-order valence-corrected chi connectivity index (χ4v) is 3.09. The number of hydrogen-bond acceptors (Lipinski definition) is 4. The third-order valence-corrected chi connectivity index (χ3v) is 4.07. The number of hydrogen-bond donors (Lipinski definition) is 1. The molecule has 0 saturated carbocycles. The van der Waals surface area contributed by atoms with Crippen LogP contribution in [-0.4, -0.2) is 20.8 Å². The molecule has 0 aliphatic heterocycles. The molecular formula is C14H22N4S. The molecule has 0 spiro atoms. The lowest BCUT2D eigenvalue weighted by molar-refractivity contribution is 0.468. The summed E-state index contributed by atoms with van der Waals surface area (Å²) in [7, 11) is 0. The molecule has 0 bridgehead atoms. The quantitative estimate of drug-likeness (QED) is 0.883. The summed E-state index contributed by atoms with van der Waals surface area (Å²) in [6.07, 6.45) is 2.69. The number of nitrogens with one attached hydrogen (secondary N) is 1. The standard InChI is InChI=1S/C14H22N4S/c1-10(2)18-14(16-9-17-18)8-15-11(3)7-13-6-5-12(4)19-13/h5-6,9-11,15H,7-8H2,1-4H3. The molecule has 2 aromatic heterocycles. The van der Waals surface area contributed by atoms with Gasteiger partial charge in [0.05, 0.1) is 6.54 Å². The first kappa shape index (κ1) is 14.2. The van der Waals surface area contributed by atoms with Crippen molar-refractivity contribution in [1.82, 2.24) is 20.1 Å². The Morgan fingerprint density at radius 2 is 2.11 bits per heavy atom. The van der Waals surface area contributed by atoms with Gasteiger partial charge in [-0.25, -0.2) is 9.67 Å². The van der Waals surface area contributed by atoms with Crippen LogP contribution in [0.3, 0.4) is 0 Å². The molecule has 4 nitrogen and oxygen atoms in total. The van der Waals surface area contributed by atoms with Crippen molar-refractivity contribution in [2.45, 2.75) is 52.7 Å². The second-order valence-electron chi connectivity index (χ2n) is 5.21. The van der Waals surface area contributed by atoms with Gasteiger partial charge >= 0.3 is 0 Å². The first-order valence-corrected chi connectivity index (χ1v) is 7.55. The van der Waals surface area contributed by atoms with Crippen LogP contribution in [0.4, 0.5) is 0 Å². The van der Waals surface area contributed by atoms with Crippen molar-refractivity contribution in [1.29, 1.82) is 0 Å². The van der Waals surface area contributed by atoms with Crippen molar-refractivity contribution in [3.8, 4) is 0 Å². The second kappa shape index (κ2) is 6.30. The van der Waals surface area contributed by atoms with Crippen LogP contribution in [0.2, 0.25) is 0 Å². The minimum absolute atomic E-state index is 0.356. The van der Waals surface area contributed by atoms with Crippen LogP contribution in [-0.2, 0) is 13.0 Å². The molecular weight excluding hydrogens is 256 g/mol. The summed E-state index contributed by atoms with van der Waals surface area (Å²) in [6, 6.07) is 5.20. The molecule has 5 heteroatoms. The number of aryl methyl sites for hydroxylation is 1. The Morgan fingerprint density at radius 3 is 2.74 bits per heavy atom. The highest BCUT2D eigenvalue weighted by Crippen LogP contribution is 2.16. The molecule has 1 N–H and O–H groups in total. The highest BCUT2D eigenvalue weighted by Gasteiger charge is 2.10. The average molecular weight is 278 g/mol. The van der Waals surface area contributed by atoms with E-state index in [-0.39, 0.29) is 0 Å². The minimum Gasteiger partial charge on any atom is -0.307 e. The van der Waals surface area contributed by atoms with Crippen molar-refractivity contribution in [3.05, 3.63) is 34.0 Å². The van der Waals surface area contributed by atoms with Gasteiger partial charge in [0, 0.05) is 21.8 Å². The highest BCUT2D eigenvalue weighted by molar-refractivity contribution is 7.11. The molecule has 0 saturated heterocycles. The molecule has 2 aromatic rings. The SMILES string of the molecule is Cc1ccc(CC(C)NCc2ncnn2C(C)C)s1. The fraction of sp³-hybridized carbons (Fsp3) is 0.571. The van der Waals surface area contributed by atoms with E-state index in [1.807, 2.05) is 16.0 Å². The normalized spacial score (nSPS) is 13.1. The number of rotatable bonds is 6. The van der Waals surface area contributed by atoms with Gasteiger partial charge in [-0.15, -0.1) is 11.3 Å². The van der Waals surface area contributed by atoms with Gasteiger partial charge in [-0.1, -0.05) is 0 Å². The smallest absolute Gasteiger partial charge is 0.141 e. The largest absolute Gasteiger partial charge is 0.307 e.